The maximum Gasteiger partial charge on any atom is 0.245 e. The molecule has 0 aromatic carbocycles. The van der Waals surface area contributed by atoms with Crippen LogP contribution in [-0.4, -0.2) is 186 Å². The SMILES string of the molecule is CCC[C@H](NC(=O)[C@H](CO)N(C)C(=O)[C@@H](CC(C)C)NC(=O)[C@H](CC(N)=O)NC(=O)CNC(=O)CN(C)C(C)=O)C(=O)N[C@H](C(=O)N[C@@H](CCCN=C(N)N)C(=O)N1CCC[C@H]1C(=O)NCC)[C@@H](C)CC. The Morgan fingerprint density at radius 2 is 1.38 bits per heavy atom. The molecule has 0 spiro atoms. The van der Waals surface area contributed by atoms with Gasteiger partial charge in [-0.05, 0) is 57.3 Å². The lowest BCUT2D eigenvalue weighted by Gasteiger charge is -2.33. The summed E-state index contributed by atoms with van der Waals surface area (Å²) in [6, 6.07) is -8.94. The van der Waals surface area contributed by atoms with Crippen LogP contribution in [0.15, 0.2) is 4.99 Å². The van der Waals surface area contributed by atoms with E-state index in [1.165, 1.54) is 25.9 Å². The van der Waals surface area contributed by atoms with Crippen LogP contribution in [0, 0.1) is 11.8 Å². The summed E-state index contributed by atoms with van der Waals surface area (Å²) >= 11 is 0. The number of primary amides is 1. The van der Waals surface area contributed by atoms with Crippen LogP contribution in [-0.2, 0) is 52.7 Å². The van der Waals surface area contributed by atoms with Gasteiger partial charge in [0.2, 0.25) is 65.0 Å². The number of carbonyl (C=O) groups excluding carboxylic acids is 11. The molecule has 1 fully saturated rings. The molecule has 11 amide bonds. The number of carbonyl (C=O) groups is 11. The van der Waals surface area contributed by atoms with Gasteiger partial charge >= 0.3 is 0 Å². The summed E-state index contributed by atoms with van der Waals surface area (Å²) in [5.74, 6) is -8.93. The number of hydrogen-bond acceptors (Lipinski definition) is 13. The van der Waals surface area contributed by atoms with Crippen molar-refractivity contribution < 1.29 is 57.8 Å². The highest BCUT2D eigenvalue weighted by Crippen LogP contribution is 2.21. The Kier molecular flexibility index (Phi) is 27.8. The average molecular weight is 1010 g/mol. The number of nitrogens with two attached hydrogens (primary N) is 3. The van der Waals surface area contributed by atoms with E-state index in [1.807, 2.05) is 0 Å². The van der Waals surface area contributed by atoms with Gasteiger partial charge in [-0.25, -0.2) is 0 Å². The molecule has 1 saturated heterocycles. The quantitative estimate of drug-likeness (QED) is 0.0178. The molecule has 14 N–H and O–H groups in total. The predicted octanol–water partition coefficient (Wildman–Crippen LogP) is -4.23. The molecule has 0 saturated carbocycles. The Hall–Kier alpha value is -6.60. The van der Waals surface area contributed by atoms with Crippen molar-refractivity contribution in [2.24, 2.45) is 34.0 Å². The zero-order chi connectivity index (χ0) is 54.1. The molecule has 0 aliphatic carbocycles. The first kappa shape index (κ1) is 62.4. The van der Waals surface area contributed by atoms with Crippen LogP contribution in [0.4, 0.5) is 0 Å². The second kappa shape index (κ2) is 31.6. The van der Waals surface area contributed by atoms with Crippen LogP contribution in [0.3, 0.4) is 0 Å². The summed E-state index contributed by atoms with van der Waals surface area (Å²) in [5.41, 5.74) is 16.3. The molecular weight excluding hydrogens is 929 g/mol. The molecule has 0 aromatic rings. The molecule has 8 atom stereocenters. The fraction of sp³-hybridized carbons (Fsp3) is 0.733. The fourth-order valence-corrected chi connectivity index (χ4v) is 7.56. The minimum atomic E-state index is -1.61. The van der Waals surface area contributed by atoms with Gasteiger partial charge in [0, 0.05) is 40.7 Å². The Morgan fingerprint density at radius 3 is 1.93 bits per heavy atom. The van der Waals surface area contributed by atoms with Gasteiger partial charge in [-0.2, -0.15) is 0 Å². The zero-order valence-electron chi connectivity index (χ0n) is 42.8. The van der Waals surface area contributed by atoms with Crippen LogP contribution < -0.4 is 54.4 Å². The minimum Gasteiger partial charge on any atom is -0.394 e. The summed E-state index contributed by atoms with van der Waals surface area (Å²) in [5, 5.41) is 28.4. The average Bonchev–Trinajstić information content (AvgIpc) is 3.80. The van der Waals surface area contributed by atoms with Crippen LogP contribution in [0.5, 0.6) is 0 Å². The Morgan fingerprint density at radius 1 is 0.761 bits per heavy atom. The fourth-order valence-electron chi connectivity index (χ4n) is 7.56. The van der Waals surface area contributed by atoms with E-state index in [1.54, 1.807) is 41.5 Å². The van der Waals surface area contributed by atoms with Crippen molar-refractivity contribution in [3.05, 3.63) is 0 Å². The van der Waals surface area contributed by atoms with Gasteiger partial charge in [0.05, 0.1) is 26.1 Å². The summed E-state index contributed by atoms with van der Waals surface area (Å²) in [6.07, 6.45) is 1.51. The number of rotatable bonds is 31. The first-order valence-electron chi connectivity index (χ1n) is 24.1. The van der Waals surface area contributed by atoms with Crippen LogP contribution in [0.25, 0.3) is 0 Å². The summed E-state index contributed by atoms with van der Waals surface area (Å²) in [7, 11) is 2.58. The number of guanidine groups is 1. The van der Waals surface area contributed by atoms with Crippen molar-refractivity contribution in [1.29, 1.82) is 0 Å². The van der Waals surface area contributed by atoms with E-state index in [0.717, 1.165) is 9.80 Å². The third-order valence-corrected chi connectivity index (χ3v) is 11.8. The van der Waals surface area contributed by atoms with Gasteiger partial charge in [0.1, 0.15) is 42.3 Å². The van der Waals surface area contributed by atoms with Gasteiger partial charge in [-0.3, -0.25) is 57.7 Å². The largest absolute Gasteiger partial charge is 0.394 e. The third kappa shape index (κ3) is 21.5. The number of hydrogen-bond donors (Lipinski definition) is 11. The topological polar surface area (TPSA) is 392 Å². The number of aliphatic hydroxyl groups excluding tert-OH is 1. The number of nitrogens with zero attached hydrogens (tertiary/aromatic N) is 4. The Balaban J connectivity index is 3.33. The van der Waals surface area contributed by atoms with E-state index >= 15 is 0 Å². The number of likely N-dealkylation sites (tertiary alicyclic amines) is 1. The highest BCUT2D eigenvalue weighted by Gasteiger charge is 2.40. The number of amides is 11. The second-order valence-corrected chi connectivity index (χ2v) is 18.1. The number of nitrogens with one attached hydrogen (secondary N) is 7. The van der Waals surface area contributed by atoms with Crippen LogP contribution in [0.2, 0.25) is 0 Å². The second-order valence-electron chi connectivity index (χ2n) is 18.1. The highest BCUT2D eigenvalue weighted by atomic mass is 16.3. The highest BCUT2D eigenvalue weighted by molar-refractivity contribution is 5.99. The Bertz CT molecular complexity index is 1900. The van der Waals surface area contributed by atoms with Crippen LogP contribution in [0.1, 0.15) is 106 Å². The lowest BCUT2D eigenvalue weighted by molar-refractivity contribution is -0.144. The number of likely N-dealkylation sites (N-methyl/N-ethyl adjacent to an activating group) is 3. The van der Waals surface area contributed by atoms with Gasteiger partial charge in [0.15, 0.2) is 5.96 Å². The molecular formula is C45H80N14O12. The molecule has 0 unspecified atom stereocenters. The van der Waals surface area contributed by atoms with Crippen molar-refractivity contribution in [2.75, 3.05) is 53.4 Å². The molecule has 26 nitrogen and oxygen atoms in total. The van der Waals surface area contributed by atoms with Gasteiger partial charge in [-0.1, -0.05) is 47.5 Å². The van der Waals surface area contributed by atoms with Crippen molar-refractivity contribution in [3.63, 3.8) is 0 Å². The first-order valence-corrected chi connectivity index (χ1v) is 24.1. The van der Waals surface area contributed by atoms with Gasteiger partial charge < -0.3 is 74.2 Å². The van der Waals surface area contributed by atoms with Crippen molar-refractivity contribution in [3.8, 4) is 0 Å². The minimum absolute atomic E-state index is 0.0128. The normalized spacial score (nSPS) is 16.0. The molecule has 1 rings (SSSR count). The monoisotopic (exact) mass is 1010 g/mol. The van der Waals surface area contributed by atoms with Crippen molar-refractivity contribution >= 4 is 70.9 Å². The first-order chi connectivity index (χ1) is 33.3. The zero-order valence-corrected chi connectivity index (χ0v) is 42.8. The lowest BCUT2D eigenvalue weighted by Crippen LogP contribution is -2.61. The van der Waals surface area contributed by atoms with Crippen molar-refractivity contribution in [1.82, 2.24) is 51.9 Å². The van der Waals surface area contributed by atoms with Crippen molar-refractivity contribution in [2.45, 2.75) is 149 Å². The molecule has 71 heavy (non-hydrogen) atoms. The van der Waals surface area contributed by atoms with Gasteiger partial charge in [0.25, 0.3) is 0 Å². The summed E-state index contributed by atoms with van der Waals surface area (Å²) in [6.45, 7) is 10.6. The smallest absolute Gasteiger partial charge is 0.245 e. The third-order valence-electron chi connectivity index (χ3n) is 11.8. The lowest BCUT2D eigenvalue weighted by atomic mass is 9.96. The maximum atomic E-state index is 14.1. The van der Waals surface area contributed by atoms with E-state index < -0.39 is 127 Å². The van der Waals surface area contributed by atoms with E-state index in [-0.39, 0.29) is 63.1 Å². The molecule has 1 heterocycles. The Labute approximate surface area is 415 Å². The molecule has 1 aliphatic heterocycles. The maximum absolute atomic E-state index is 14.1. The van der Waals surface area contributed by atoms with E-state index in [9.17, 15) is 57.8 Å². The molecule has 0 bridgehead atoms. The summed E-state index contributed by atoms with van der Waals surface area (Å²) < 4.78 is 0. The van der Waals surface area contributed by atoms with E-state index in [0.29, 0.717) is 32.2 Å². The van der Waals surface area contributed by atoms with E-state index in [2.05, 4.69) is 42.2 Å². The number of aliphatic imine (C=N–C) groups is 1. The standard InChI is InChI=1S/C45H80N14O12/c1-10-15-28(38(65)56-37(26(6)11-2)42(69)54-29(16-13-18-50-45(47)48)44(71)59-19-14-17-32(59)40(67)49-12-3)53-41(68)33(24-60)58(9)43(70)31(20-25(4)5)55-39(66)30(21-34(46)62)52-35(63)22-51-36(64)23-57(8)27(7)61/h25-26,28-33,37,60H,10-24H2,1-9H3,(H2,46,62)(H,49,67)(H,51,64)(H,52,63)(H,53,68)(H,54,69)(H,55,66)(H,56,65)(H4,47,48,50)/t26-,28-,29-,30-,31+,32-,33-,37-/m0/s1. The number of aliphatic hydroxyl groups is 1. The predicted molar refractivity (Wildman–Crippen MR) is 261 cm³/mol. The molecule has 1 aliphatic rings. The van der Waals surface area contributed by atoms with Crippen LogP contribution >= 0.6 is 0 Å². The molecule has 0 radical (unpaired) electrons. The molecule has 402 valence electrons. The summed E-state index contributed by atoms with van der Waals surface area (Å²) in [4.78, 5) is 152. The van der Waals surface area contributed by atoms with Gasteiger partial charge in [-0.15, -0.1) is 0 Å². The van der Waals surface area contributed by atoms with E-state index in [4.69, 9.17) is 17.2 Å². The molecule has 0 aromatic heterocycles. The molecule has 26 heteroatoms.